The molecular formula is C50H31N5. The first-order chi connectivity index (χ1) is 27.2. The Balaban J connectivity index is 1.29. The van der Waals surface area contributed by atoms with Crippen LogP contribution < -0.4 is 4.90 Å². The van der Waals surface area contributed by atoms with Crippen molar-refractivity contribution in [3.63, 3.8) is 0 Å². The topological polar surface area (TPSA) is 41.2 Å². The summed E-state index contributed by atoms with van der Waals surface area (Å²) in [6.45, 7) is 7.83. The molecular weight excluding hydrogens is 671 g/mol. The fourth-order valence-corrected chi connectivity index (χ4v) is 8.16. The maximum Gasteiger partial charge on any atom is 0.190 e. The van der Waals surface area contributed by atoms with E-state index < -0.39 is 0 Å². The molecule has 2 heterocycles. The highest BCUT2D eigenvalue weighted by atomic mass is 15.1. The lowest BCUT2D eigenvalue weighted by Crippen LogP contribution is -2.09. The number of nitriles is 1. The van der Waals surface area contributed by atoms with Gasteiger partial charge in [-0.05, 0) is 102 Å². The Kier molecular flexibility index (Phi) is 7.51. The predicted molar refractivity (Wildman–Crippen MR) is 226 cm³/mol. The van der Waals surface area contributed by atoms with Crippen molar-refractivity contribution < 1.29 is 0 Å². The minimum atomic E-state index is 0.426. The van der Waals surface area contributed by atoms with Gasteiger partial charge in [-0.25, -0.2) is 4.85 Å². The van der Waals surface area contributed by atoms with Crippen LogP contribution in [0.1, 0.15) is 5.56 Å². The number of rotatable bonds is 6. The molecule has 0 bridgehead atoms. The van der Waals surface area contributed by atoms with Crippen LogP contribution in [0.2, 0.25) is 0 Å². The lowest BCUT2D eigenvalue weighted by atomic mass is 9.98. The number of hydrogen-bond donors (Lipinski definition) is 0. The average molecular weight is 702 g/mol. The van der Waals surface area contributed by atoms with E-state index in [1.807, 2.05) is 24.3 Å². The van der Waals surface area contributed by atoms with Gasteiger partial charge >= 0.3 is 0 Å². The molecule has 0 fully saturated rings. The van der Waals surface area contributed by atoms with Gasteiger partial charge in [-0.2, -0.15) is 5.26 Å². The van der Waals surface area contributed by atoms with Crippen LogP contribution in [0, 0.1) is 17.9 Å². The number of aromatic nitrogens is 2. The second-order valence-electron chi connectivity index (χ2n) is 13.6. The maximum absolute atomic E-state index is 9.99. The Morgan fingerprint density at radius 1 is 0.473 bits per heavy atom. The largest absolute Gasteiger partial charge is 0.310 e. The summed E-state index contributed by atoms with van der Waals surface area (Å²) in [5, 5.41) is 14.5. The van der Waals surface area contributed by atoms with Crippen molar-refractivity contribution in [1.82, 2.24) is 9.13 Å². The highest BCUT2D eigenvalue weighted by Gasteiger charge is 2.21. The summed E-state index contributed by atoms with van der Waals surface area (Å²) in [7, 11) is 0. The lowest BCUT2D eigenvalue weighted by Gasteiger charge is -2.25. The average Bonchev–Trinajstić information content (AvgIpc) is 3.77. The van der Waals surface area contributed by atoms with Crippen molar-refractivity contribution in [2.75, 3.05) is 4.90 Å². The van der Waals surface area contributed by atoms with Gasteiger partial charge in [0.2, 0.25) is 0 Å². The summed E-state index contributed by atoms with van der Waals surface area (Å²) in [5.74, 6) is 0. The Morgan fingerprint density at radius 3 is 1.84 bits per heavy atom. The molecule has 0 aliphatic rings. The third kappa shape index (κ3) is 5.23. The molecule has 0 aliphatic heterocycles. The second kappa shape index (κ2) is 13.0. The van der Waals surface area contributed by atoms with Crippen molar-refractivity contribution in [2.45, 2.75) is 0 Å². The molecule has 0 saturated carbocycles. The summed E-state index contributed by atoms with van der Waals surface area (Å²) in [6.07, 6.45) is 0. The number of para-hydroxylation sites is 4. The summed E-state index contributed by atoms with van der Waals surface area (Å²) in [6, 6.07) is 67.5. The van der Waals surface area contributed by atoms with Gasteiger partial charge in [-0.3, -0.25) is 0 Å². The number of benzene rings is 8. The predicted octanol–water partition coefficient (Wildman–Crippen LogP) is 13.4. The summed E-state index contributed by atoms with van der Waals surface area (Å²) in [5.41, 5.74) is 12.4. The first kappa shape index (κ1) is 31.8. The van der Waals surface area contributed by atoms with Crippen LogP contribution in [0.3, 0.4) is 0 Å². The maximum atomic E-state index is 9.99. The molecule has 0 unspecified atom stereocenters. The van der Waals surface area contributed by atoms with E-state index in [9.17, 15) is 5.26 Å². The van der Waals surface area contributed by atoms with Crippen LogP contribution >= 0.6 is 0 Å². The van der Waals surface area contributed by atoms with E-state index in [0.717, 1.165) is 72.4 Å². The standard InChI is InChI=1S/C50H31N5/c1-52-36-28-34(33-51)29-41(31-36)55-47-27-25-40(53(37-14-5-2-6-15-37)38-16-7-3-8-17-38)32-45(47)50-42(21-13-23-48(50)55)35-24-26-44-43-20-11-12-22-46(43)54(49(44)30-35)39-18-9-4-10-19-39/h2-32H. The number of anilines is 3. The highest BCUT2D eigenvalue weighted by molar-refractivity contribution is 6.18. The Morgan fingerprint density at radius 2 is 1.11 bits per heavy atom. The molecule has 8 aromatic carbocycles. The van der Waals surface area contributed by atoms with Crippen LogP contribution in [-0.2, 0) is 0 Å². The lowest BCUT2D eigenvalue weighted by molar-refractivity contribution is 1.18. The molecule has 10 rings (SSSR count). The van der Waals surface area contributed by atoms with E-state index in [1.165, 1.54) is 10.8 Å². The van der Waals surface area contributed by atoms with Crippen LogP contribution in [0.15, 0.2) is 188 Å². The third-order valence-electron chi connectivity index (χ3n) is 10.5. The van der Waals surface area contributed by atoms with Crippen molar-refractivity contribution in [1.29, 1.82) is 5.26 Å². The van der Waals surface area contributed by atoms with Gasteiger partial charge in [0.1, 0.15) is 0 Å². The summed E-state index contributed by atoms with van der Waals surface area (Å²) < 4.78 is 4.55. The van der Waals surface area contributed by atoms with Gasteiger partial charge in [0.25, 0.3) is 0 Å². The fourth-order valence-electron chi connectivity index (χ4n) is 8.16. The molecule has 0 N–H and O–H groups in total. The molecule has 0 amide bonds. The molecule has 55 heavy (non-hydrogen) atoms. The van der Waals surface area contributed by atoms with Crippen molar-refractivity contribution in [2.24, 2.45) is 0 Å². The molecule has 2 aromatic heterocycles. The van der Waals surface area contributed by atoms with E-state index in [-0.39, 0.29) is 0 Å². The minimum absolute atomic E-state index is 0.426. The molecule has 10 aromatic rings. The SMILES string of the molecule is [C-]#[N+]c1cc(C#N)cc(-n2c3ccc(N(c4ccccc4)c4ccccc4)cc3c3c(-c4ccc5c6ccccc6n(-c6ccccc6)c5c4)cccc32)c1. The molecule has 0 atom stereocenters. The van der Waals surface area contributed by atoms with Gasteiger partial charge in [-0.1, -0.05) is 97.1 Å². The molecule has 0 saturated heterocycles. The molecule has 0 spiro atoms. The van der Waals surface area contributed by atoms with Crippen molar-refractivity contribution >= 4 is 66.4 Å². The van der Waals surface area contributed by atoms with Crippen LogP contribution in [0.5, 0.6) is 0 Å². The normalized spacial score (nSPS) is 11.2. The second-order valence-corrected chi connectivity index (χ2v) is 13.6. The quantitative estimate of drug-likeness (QED) is 0.162. The molecule has 0 radical (unpaired) electrons. The zero-order chi connectivity index (χ0) is 36.9. The van der Waals surface area contributed by atoms with Crippen molar-refractivity contribution in [3.05, 3.63) is 205 Å². The van der Waals surface area contributed by atoms with Crippen molar-refractivity contribution in [3.8, 4) is 28.6 Å². The van der Waals surface area contributed by atoms with Crippen LogP contribution in [-0.4, -0.2) is 9.13 Å². The molecule has 5 nitrogen and oxygen atoms in total. The number of nitrogens with zero attached hydrogens (tertiary/aromatic N) is 5. The zero-order valence-electron chi connectivity index (χ0n) is 29.6. The van der Waals surface area contributed by atoms with E-state index >= 15 is 0 Å². The Hall–Kier alpha value is -7.86. The molecule has 5 heteroatoms. The Bertz CT molecular complexity index is 3090. The minimum Gasteiger partial charge on any atom is -0.310 e. The zero-order valence-corrected chi connectivity index (χ0v) is 29.6. The van der Waals surface area contributed by atoms with E-state index in [1.54, 1.807) is 6.07 Å². The van der Waals surface area contributed by atoms with Gasteiger partial charge in [0, 0.05) is 55.5 Å². The Labute approximate surface area is 318 Å². The van der Waals surface area contributed by atoms with Gasteiger partial charge in [-0.15, -0.1) is 0 Å². The summed E-state index contributed by atoms with van der Waals surface area (Å²) >= 11 is 0. The van der Waals surface area contributed by atoms with E-state index in [2.05, 4.69) is 183 Å². The fraction of sp³-hybridized carbons (Fsp3) is 0. The molecule has 256 valence electrons. The first-order valence-corrected chi connectivity index (χ1v) is 18.2. The molecule has 0 aliphatic carbocycles. The van der Waals surface area contributed by atoms with Gasteiger partial charge in [0.05, 0.1) is 34.7 Å². The van der Waals surface area contributed by atoms with Crippen LogP contribution in [0.4, 0.5) is 22.7 Å². The number of fused-ring (bicyclic) bond motifs is 6. The highest BCUT2D eigenvalue weighted by Crippen LogP contribution is 2.44. The van der Waals surface area contributed by atoms with Crippen LogP contribution in [0.25, 0.3) is 71.0 Å². The van der Waals surface area contributed by atoms with Gasteiger partial charge < -0.3 is 14.0 Å². The van der Waals surface area contributed by atoms with Gasteiger partial charge in [0.15, 0.2) is 5.69 Å². The smallest absolute Gasteiger partial charge is 0.190 e. The first-order valence-electron chi connectivity index (χ1n) is 18.2. The monoisotopic (exact) mass is 701 g/mol. The van der Waals surface area contributed by atoms with E-state index in [4.69, 9.17) is 6.57 Å². The third-order valence-corrected chi connectivity index (χ3v) is 10.5. The van der Waals surface area contributed by atoms with E-state index in [0.29, 0.717) is 11.3 Å². The summed E-state index contributed by atoms with van der Waals surface area (Å²) in [4.78, 5) is 6.02. The number of hydrogen-bond acceptors (Lipinski definition) is 2.